The van der Waals surface area contributed by atoms with Gasteiger partial charge in [0.05, 0.1) is 31.0 Å². The Labute approximate surface area is 249 Å². The number of aryl methyl sites for hydroxylation is 2. The van der Waals surface area contributed by atoms with Crippen LogP contribution in [-0.2, 0) is 29.1 Å². The number of ether oxygens (including phenoxy) is 1. The summed E-state index contributed by atoms with van der Waals surface area (Å²) in [4.78, 5) is 44.3. The zero-order valence-electron chi connectivity index (χ0n) is 24.5. The molecule has 4 aromatic rings. The van der Waals surface area contributed by atoms with Crippen LogP contribution >= 0.6 is 0 Å². The third kappa shape index (κ3) is 7.39. The fourth-order valence-corrected chi connectivity index (χ4v) is 5.16. The van der Waals surface area contributed by atoms with Crippen LogP contribution in [0.1, 0.15) is 46.9 Å². The molecule has 1 aliphatic rings. The number of nitrogens with zero attached hydrogens (tertiary/aromatic N) is 4. The van der Waals surface area contributed by atoms with Gasteiger partial charge in [-0.1, -0.05) is 29.5 Å². The Hall–Kier alpha value is -4.71. The van der Waals surface area contributed by atoms with Gasteiger partial charge >= 0.3 is 0 Å². The smallest absolute Gasteiger partial charge is 0.255 e. The first-order valence-electron chi connectivity index (χ1n) is 14.6. The molecule has 0 aliphatic carbocycles. The number of H-pyrrole nitrogens is 1. The fourth-order valence-electron chi connectivity index (χ4n) is 5.16. The van der Waals surface area contributed by atoms with Gasteiger partial charge < -0.3 is 31.0 Å². The Morgan fingerprint density at radius 2 is 2.00 bits per heavy atom. The Morgan fingerprint density at radius 3 is 2.86 bits per heavy atom. The van der Waals surface area contributed by atoms with Gasteiger partial charge in [0.15, 0.2) is 0 Å². The molecule has 2 aromatic heterocycles. The van der Waals surface area contributed by atoms with E-state index in [9.17, 15) is 14.4 Å². The molecule has 12 heteroatoms. The molecular formula is C31H38N8O4. The van der Waals surface area contributed by atoms with Crippen LogP contribution in [0.3, 0.4) is 0 Å². The second kappa shape index (κ2) is 13.5. The summed E-state index contributed by atoms with van der Waals surface area (Å²) in [6, 6.07) is 11.7. The number of aromatic amines is 1. The standard InChI is InChI=1S/C31H38N8O4/c1-20-9-10-25-28(15-20)43-14-6-13-39-19-23(36-37-39)18-38(12-5-11-33-29(40)21(2)35-30(25)41)31(42)26(32)16-22-17-34-27-8-4-3-7-24(22)27/h3-4,7-10,15,17,19,21,26,34H,5-6,11-14,16,18,32H2,1-2H3,(H,33,40)(H,35,41)/t21-,26-/m1/s1. The Bertz CT molecular complexity index is 1600. The molecule has 0 spiro atoms. The summed E-state index contributed by atoms with van der Waals surface area (Å²) in [6.07, 6.45) is 5.19. The van der Waals surface area contributed by atoms with Crippen molar-refractivity contribution in [3.63, 3.8) is 0 Å². The highest BCUT2D eigenvalue weighted by atomic mass is 16.5. The molecule has 5 N–H and O–H groups in total. The quantitative estimate of drug-likeness (QED) is 0.286. The van der Waals surface area contributed by atoms with Crippen LogP contribution in [-0.4, -0.2) is 74.4 Å². The molecule has 43 heavy (non-hydrogen) atoms. The van der Waals surface area contributed by atoms with Crippen LogP contribution in [0.25, 0.3) is 10.9 Å². The number of carbonyl (C=O) groups excluding carboxylic acids is 3. The number of benzene rings is 2. The average Bonchev–Trinajstić information content (AvgIpc) is 3.62. The molecule has 0 saturated carbocycles. The van der Waals surface area contributed by atoms with Gasteiger partial charge in [-0.25, -0.2) is 0 Å². The Morgan fingerprint density at radius 1 is 1.16 bits per heavy atom. The van der Waals surface area contributed by atoms with E-state index in [1.807, 2.05) is 55.7 Å². The zero-order valence-corrected chi connectivity index (χ0v) is 24.5. The SMILES string of the molecule is Cc1ccc2c(c1)OCCCn1cc(nn1)CN(C(=O)[C@H](N)Cc1c[nH]c3ccccc13)CCCNC(=O)[C@@H](C)NC2=O. The minimum absolute atomic E-state index is 0.209. The highest BCUT2D eigenvalue weighted by molar-refractivity contribution is 5.99. The zero-order chi connectivity index (χ0) is 30.3. The monoisotopic (exact) mass is 586 g/mol. The van der Waals surface area contributed by atoms with E-state index in [-0.39, 0.29) is 18.4 Å². The molecule has 0 radical (unpaired) electrons. The van der Waals surface area contributed by atoms with Crippen molar-refractivity contribution in [2.75, 3.05) is 19.7 Å². The van der Waals surface area contributed by atoms with Crippen LogP contribution in [0.15, 0.2) is 54.9 Å². The van der Waals surface area contributed by atoms with Gasteiger partial charge in [-0.05, 0) is 56.0 Å². The molecule has 2 atom stereocenters. The highest BCUT2D eigenvalue weighted by Gasteiger charge is 2.24. The molecule has 5 rings (SSSR count). The average molecular weight is 587 g/mol. The maximum atomic E-state index is 13.6. The number of fused-ring (bicyclic) bond motifs is 4. The van der Waals surface area contributed by atoms with Gasteiger partial charge in [-0.2, -0.15) is 0 Å². The summed E-state index contributed by atoms with van der Waals surface area (Å²) < 4.78 is 7.68. The van der Waals surface area contributed by atoms with Crippen molar-refractivity contribution in [2.45, 2.75) is 58.3 Å². The van der Waals surface area contributed by atoms with Gasteiger partial charge in [-0.15, -0.1) is 5.10 Å². The lowest BCUT2D eigenvalue weighted by Crippen LogP contribution is -2.47. The van der Waals surface area contributed by atoms with Gasteiger partial charge in [0.25, 0.3) is 5.91 Å². The number of aromatic nitrogens is 4. The summed E-state index contributed by atoms with van der Waals surface area (Å²) in [5.41, 5.74) is 10.4. The molecule has 0 unspecified atom stereocenters. The third-order valence-electron chi connectivity index (χ3n) is 7.50. The first-order valence-corrected chi connectivity index (χ1v) is 14.6. The van der Waals surface area contributed by atoms with Crippen LogP contribution in [0.2, 0.25) is 0 Å². The first kappa shape index (κ1) is 29.8. The molecule has 3 amide bonds. The number of rotatable bonds is 3. The second-order valence-electron chi connectivity index (χ2n) is 10.9. The largest absolute Gasteiger partial charge is 0.493 e. The van der Waals surface area contributed by atoms with E-state index in [2.05, 4.69) is 25.9 Å². The van der Waals surface area contributed by atoms with E-state index in [0.29, 0.717) is 62.5 Å². The summed E-state index contributed by atoms with van der Waals surface area (Å²) in [7, 11) is 0. The lowest BCUT2D eigenvalue weighted by atomic mass is 10.0. The van der Waals surface area contributed by atoms with E-state index in [0.717, 1.165) is 22.0 Å². The Kier molecular flexibility index (Phi) is 9.35. The van der Waals surface area contributed by atoms with Gasteiger partial charge in [0.2, 0.25) is 11.8 Å². The molecule has 0 fully saturated rings. The van der Waals surface area contributed by atoms with Crippen LogP contribution in [0.5, 0.6) is 5.75 Å². The van der Waals surface area contributed by atoms with Crippen molar-refractivity contribution in [2.24, 2.45) is 5.73 Å². The summed E-state index contributed by atoms with van der Waals surface area (Å²) in [5.74, 6) is -0.463. The molecule has 226 valence electrons. The topological polar surface area (TPSA) is 160 Å². The number of nitrogens with two attached hydrogens (primary N) is 1. The molecule has 3 heterocycles. The molecule has 2 bridgehead atoms. The molecule has 12 nitrogen and oxygen atoms in total. The van der Waals surface area contributed by atoms with Crippen LogP contribution < -0.4 is 21.1 Å². The Balaban J connectivity index is 1.30. The van der Waals surface area contributed by atoms with Gasteiger partial charge in [0, 0.05) is 43.2 Å². The molecule has 1 aliphatic heterocycles. The first-order chi connectivity index (χ1) is 20.8. The molecule has 0 saturated heterocycles. The number of nitrogens with one attached hydrogen (secondary N) is 3. The van der Waals surface area contributed by atoms with Crippen molar-refractivity contribution in [1.29, 1.82) is 0 Å². The van der Waals surface area contributed by atoms with Gasteiger partial charge in [-0.3, -0.25) is 19.1 Å². The van der Waals surface area contributed by atoms with Crippen molar-refractivity contribution < 1.29 is 19.1 Å². The van der Waals surface area contributed by atoms with E-state index in [1.165, 1.54) is 0 Å². The van der Waals surface area contributed by atoms with Crippen molar-refractivity contribution in [1.82, 2.24) is 35.5 Å². The van der Waals surface area contributed by atoms with Crippen molar-refractivity contribution in [3.8, 4) is 5.75 Å². The molecule has 2 aromatic carbocycles. The van der Waals surface area contributed by atoms with E-state index in [1.54, 1.807) is 22.6 Å². The minimum Gasteiger partial charge on any atom is -0.493 e. The van der Waals surface area contributed by atoms with Crippen LogP contribution in [0.4, 0.5) is 0 Å². The van der Waals surface area contributed by atoms with E-state index >= 15 is 0 Å². The number of para-hydroxylation sites is 1. The minimum atomic E-state index is -0.764. The lowest BCUT2D eigenvalue weighted by molar-refractivity contribution is -0.133. The van der Waals surface area contributed by atoms with E-state index in [4.69, 9.17) is 10.5 Å². The summed E-state index contributed by atoms with van der Waals surface area (Å²) >= 11 is 0. The number of carbonyl (C=O) groups is 3. The van der Waals surface area contributed by atoms with Crippen LogP contribution in [0, 0.1) is 6.92 Å². The van der Waals surface area contributed by atoms with Crippen molar-refractivity contribution >= 4 is 28.6 Å². The second-order valence-corrected chi connectivity index (χ2v) is 10.9. The third-order valence-corrected chi connectivity index (χ3v) is 7.50. The van der Waals surface area contributed by atoms with E-state index < -0.39 is 18.0 Å². The maximum Gasteiger partial charge on any atom is 0.255 e. The number of hydrogen-bond donors (Lipinski definition) is 4. The normalized spacial score (nSPS) is 17.9. The molecular weight excluding hydrogens is 548 g/mol. The predicted molar refractivity (Wildman–Crippen MR) is 161 cm³/mol. The summed E-state index contributed by atoms with van der Waals surface area (Å²) in [5, 5.41) is 15.2. The summed E-state index contributed by atoms with van der Waals surface area (Å²) in [6.45, 7) is 5.36. The van der Waals surface area contributed by atoms with Crippen molar-refractivity contribution in [3.05, 3.63) is 77.2 Å². The van der Waals surface area contributed by atoms with Gasteiger partial charge in [0.1, 0.15) is 17.5 Å². The number of amides is 3. The maximum absolute atomic E-state index is 13.6. The lowest BCUT2D eigenvalue weighted by Gasteiger charge is -2.25. The number of hydrogen-bond acceptors (Lipinski definition) is 7. The predicted octanol–water partition coefficient (Wildman–Crippen LogP) is 2.07. The fraction of sp³-hybridized carbons (Fsp3) is 0.387. The highest BCUT2D eigenvalue weighted by Crippen LogP contribution is 2.22.